The summed E-state index contributed by atoms with van der Waals surface area (Å²) in [6.45, 7) is 12.2. The molecular weight excluding hydrogens is 384 g/mol. The van der Waals surface area contributed by atoms with Gasteiger partial charge in [0.1, 0.15) is 5.75 Å². The number of cyclic esters (lactones) is 1. The molecule has 1 aliphatic heterocycles. The number of carbonyl (C=O) groups excluding carboxylic acids is 1. The lowest BCUT2D eigenvalue weighted by molar-refractivity contribution is -0.0398. The van der Waals surface area contributed by atoms with Gasteiger partial charge in [0, 0.05) is 23.1 Å². The number of aliphatic hydroxyl groups excluding tert-OH is 1. The molecule has 1 radical (unpaired) electrons. The van der Waals surface area contributed by atoms with Gasteiger partial charge in [-0.05, 0) is 55.8 Å². The van der Waals surface area contributed by atoms with Gasteiger partial charge in [-0.25, -0.2) is 4.79 Å². The van der Waals surface area contributed by atoms with Gasteiger partial charge in [-0.15, -0.1) is 0 Å². The Morgan fingerprint density at radius 1 is 1.34 bits per heavy atom. The molecule has 1 N–H and O–H groups in total. The standard InChI is InChI=1S/C23H33O5Si/c1-13-17-18(21(25)27-22(17)28-29(6)7)19(23(2,3)4)15(20(13)26-5)12-16(24)14-10-8-9-11-14/h10,16,22,24H,8-9,11-12H2,1-7H3/t16-,22?/m0/s1. The number of allylic oxidation sites excluding steroid dienone is 1. The molecule has 2 atom stereocenters. The Hall–Kier alpha value is -1.63. The number of hydrogen-bond acceptors (Lipinski definition) is 5. The van der Waals surface area contributed by atoms with Crippen molar-refractivity contribution in [2.75, 3.05) is 7.11 Å². The first-order valence-corrected chi connectivity index (χ1v) is 12.8. The molecule has 0 aromatic heterocycles. The van der Waals surface area contributed by atoms with E-state index in [0.29, 0.717) is 12.0 Å². The Labute approximate surface area is 175 Å². The number of methoxy groups -OCH3 is 1. The number of aliphatic hydroxyl groups is 1. The van der Waals surface area contributed by atoms with Crippen LogP contribution in [0.2, 0.25) is 13.1 Å². The van der Waals surface area contributed by atoms with Crippen LogP contribution in [0.3, 0.4) is 0 Å². The molecule has 1 aromatic rings. The summed E-state index contributed by atoms with van der Waals surface area (Å²) < 4.78 is 17.5. The summed E-state index contributed by atoms with van der Waals surface area (Å²) in [6.07, 6.45) is 4.32. The van der Waals surface area contributed by atoms with Gasteiger partial charge < -0.3 is 19.0 Å². The molecule has 29 heavy (non-hydrogen) atoms. The van der Waals surface area contributed by atoms with Crippen LogP contribution in [0, 0.1) is 6.92 Å². The Bertz CT molecular complexity index is 835. The van der Waals surface area contributed by atoms with Crippen LogP contribution in [0.1, 0.15) is 78.9 Å². The molecule has 0 fully saturated rings. The highest BCUT2D eigenvalue weighted by atomic mass is 28.3. The zero-order valence-electron chi connectivity index (χ0n) is 18.6. The van der Waals surface area contributed by atoms with Gasteiger partial charge in [0.2, 0.25) is 15.3 Å². The van der Waals surface area contributed by atoms with Gasteiger partial charge in [-0.2, -0.15) is 0 Å². The van der Waals surface area contributed by atoms with Crippen molar-refractivity contribution in [1.82, 2.24) is 0 Å². The molecule has 0 bridgehead atoms. The topological polar surface area (TPSA) is 65.0 Å². The van der Waals surface area contributed by atoms with E-state index < -0.39 is 21.4 Å². The normalized spacial score (nSPS) is 20.0. The fourth-order valence-corrected chi connectivity index (χ4v) is 5.17. The maximum absolute atomic E-state index is 13.0. The van der Waals surface area contributed by atoms with E-state index in [1.807, 2.05) is 20.0 Å². The number of ether oxygens (including phenoxy) is 2. The van der Waals surface area contributed by atoms with E-state index >= 15 is 0 Å². The van der Waals surface area contributed by atoms with Crippen molar-refractivity contribution in [1.29, 1.82) is 0 Å². The van der Waals surface area contributed by atoms with E-state index in [1.54, 1.807) is 7.11 Å². The van der Waals surface area contributed by atoms with Crippen molar-refractivity contribution in [3.63, 3.8) is 0 Å². The summed E-state index contributed by atoms with van der Waals surface area (Å²) in [5.41, 5.74) is 4.77. The van der Waals surface area contributed by atoms with Gasteiger partial charge >= 0.3 is 5.97 Å². The SMILES string of the molecule is COc1c(C)c2c(c(C(C)(C)C)c1C[C@H](O)C1=CCCC1)C(=O)OC2O[Si](C)C. The molecule has 0 saturated carbocycles. The van der Waals surface area contributed by atoms with E-state index in [-0.39, 0.29) is 11.4 Å². The van der Waals surface area contributed by atoms with Crippen LogP contribution in [0.4, 0.5) is 0 Å². The zero-order valence-corrected chi connectivity index (χ0v) is 19.6. The van der Waals surface area contributed by atoms with E-state index in [1.165, 1.54) is 0 Å². The van der Waals surface area contributed by atoms with E-state index in [2.05, 4.69) is 26.8 Å². The highest BCUT2D eigenvalue weighted by Gasteiger charge is 2.42. The summed E-state index contributed by atoms with van der Waals surface area (Å²) >= 11 is 0. The van der Waals surface area contributed by atoms with Crippen LogP contribution >= 0.6 is 0 Å². The smallest absolute Gasteiger partial charge is 0.341 e. The molecule has 0 amide bonds. The van der Waals surface area contributed by atoms with Crippen molar-refractivity contribution >= 4 is 15.0 Å². The molecule has 1 aromatic carbocycles. The van der Waals surface area contributed by atoms with Crippen molar-refractivity contribution in [3.8, 4) is 5.75 Å². The lowest BCUT2D eigenvalue weighted by atomic mass is 9.76. The third-order valence-corrected chi connectivity index (χ3v) is 6.38. The van der Waals surface area contributed by atoms with Crippen LogP contribution in [-0.4, -0.2) is 33.3 Å². The second-order valence-electron chi connectivity index (χ2n) is 9.21. The van der Waals surface area contributed by atoms with Gasteiger partial charge in [0.25, 0.3) is 0 Å². The summed E-state index contributed by atoms with van der Waals surface area (Å²) in [4.78, 5) is 13.0. The van der Waals surface area contributed by atoms with Crippen molar-refractivity contribution in [2.24, 2.45) is 0 Å². The fraction of sp³-hybridized carbons (Fsp3) is 0.609. The van der Waals surface area contributed by atoms with Crippen LogP contribution < -0.4 is 4.74 Å². The van der Waals surface area contributed by atoms with Crippen LogP contribution in [0.5, 0.6) is 5.75 Å². The van der Waals surface area contributed by atoms with Crippen LogP contribution in [-0.2, 0) is 21.0 Å². The molecular formula is C23H33O5Si. The molecule has 0 spiro atoms. The minimum Gasteiger partial charge on any atom is -0.496 e. The second-order valence-corrected chi connectivity index (χ2v) is 11.3. The van der Waals surface area contributed by atoms with E-state index in [4.69, 9.17) is 13.9 Å². The van der Waals surface area contributed by atoms with Crippen LogP contribution in [0.15, 0.2) is 11.6 Å². The highest BCUT2D eigenvalue weighted by Crippen LogP contribution is 2.47. The molecule has 5 nitrogen and oxygen atoms in total. The lowest BCUT2D eigenvalue weighted by Gasteiger charge is -2.29. The monoisotopic (exact) mass is 417 g/mol. The molecule has 1 heterocycles. The van der Waals surface area contributed by atoms with Gasteiger partial charge in [0.15, 0.2) is 0 Å². The Kier molecular flexibility index (Phi) is 6.27. The van der Waals surface area contributed by atoms with Crippen molar-refractivity contribution in [3.05, 3.63) is 39.5 Å². The Balaban J connectivity index is 2.22. The van der Waals surface area contributed by atoms with Crippen LogP contribution in [0.25, 0.3) is 0 Å². The molecule has 3 rings (SSSR count). The number of hydrogen-bond donors (Lipinski definition) is 1. The molecule has 1 aliphatic carbocycles. The summed E-state index contributed by atoms with van der Waals surface area (Å²) in [5, 5.41) is 10.9. The average Bonchev–Trinajstić information content (AvgIpc) is 3.23. The van der Waals surface area contributed by atoms with E-state index in [9.17, 15) is 9.90 Å². The van der Waals surface area contributed by atoms with Crippen molar-refractivity contribution < 1.29 is 23.8 Å². The largest absolute Gasteiger partial charge is 0.496 e. The second kappa shape index (κ2) is 8.24. The minimum absolute atomic E-state index is 0.329. The Morgan fingerprint density at radius 3 is 2.55 bits per heavy atom. The highest BCUT2D eigenvalue weighted by molar-refractivity contribution is 6.48. The molecule has 1 unspecified atom stereocenters. The molecule has 6 heteroatoms. The quantitative estimate of drug-likeness (QED) is 0.411. The fourth-order valence-electron chi connectivity index (χ4n) is 4.58. The van der Waals surface area contributed by atoms with Gasteiger partial charge in [0.05, 0.1) is 18.8 Å². The Morgan fingerprint density at radius 2 is 2.03 bits per heavy atom. The maximum Gasteiger partial charge on any atom is 0.341 e. The number of carbonyl (C=O) groups is 1. The summed E-state index contributed by atoms with van der Waals surface area (Å²) in [6, 6.07) is 0. The molecule has 159 valence electrons. The van der Waals surface area contributed by atoms with Gasteiger partial charge in [-0.1, -0.05) is 26.8 Å². The maximum atomic E-state index is 13.0. The first kappa shape index (κ1) is 22.1. The third kappa shape index (κ3) is 4.16. The van der Waals surface area contributed by atoms with Crippen molar-refractivity contribution in [2.45, 2.75) is 84.3 Å². The first-order chi connectivity index (χ1) is 13.6. The number of fused-ring (bicyclic) bond motifs is 1. The predicted molar refractivity (Wildman–Crippen MR) is 115 cm³/mol. The minimum atomic E-state index is -1.07. The van der Waals surface area contributed by atoms with E-state index in [0.717, 1.165) is 52.8 Å². The molecule has 2 aliphatic rings. The average molecular weight is 418 g/mol. The van der Waals surface area contributed by atoms with Gasteiger partial charge in [-0.3, -0.25) is 0 Å². The number of benzene rings is 1. The number of esters is 1. The zero-order chi connectivity index (χ0) is 21.5. The number of rotatable bonds is 6. The molecule has 0 saturated heterocycles. The summed E-state index contributed by atoms with van der Waals surface area (Å²) in [5.74, 6) is 0.374. The lowest BCUT2D eigenvalue weighted by Crippen LogP contribution is -2.24. The summed E-state index contributed by atoms with van der Waals surface area (Å²) in [7, 11) is 0.576. The third-order valence-electron chi connectivity index (χ3n) is 5.69. The first-order valence-electron chi connectivity index (χ1n) is 10.3. The predicted octanol–water partition coefficient (Wildman–Crippen LogP) is 4.75.